The Bertz CT molecular complexity index is 488. The van der Waals surface area contributed by atoms with Gasteiger partial charge in [0.15, 0.2) is 9.84 Å². The third kappa shape index (κ3) is 4.82. The molecule has 0 saturated heterocycles. The van der Waals surface area contributed by atoms with Gasteiger partial charge in [0.2, 0.25) is 0 Å². The molecule has 17 heavy (non-hydrogen) atoms. The van der Waals surface area contributed by atoms with Crippen LogP contribution in [0.4, 0.5) is 0 Å². The van der Waals surface area contributed by atoms with Gasteiger partial charge in [0.1, 0.15) is 0 Å². The van der Waals surface area contributed by atoms with Crippen molar-refractivity contribution < 1.29 is 8.42 Å². The summed E-state index contributed by atoms with van der Waals surface area (Å²) in [6, 6.07) is 1.50. The van der Waals surface area contributed by atoms with Crippen LogP contribution in [0, 0.1) is 5.92 Å². The first kappa shape index (κ1) is 14.7. The molecular formula is C11H15Cl2NO2S. The molecule has 0 aliphatic carbocycles. The van der Waals surface area contributed by atoms with Crippen LogP contribution >= 0.6 is 23.2 Å². The van der Waals surface area contributed by atoms with E-state index in [2.05, 4.69) is 4.98 Å². The van der Waals surface area contributed by atoms with E-state index in [0.717, 1.165) is 6.42 Å². The van der Waals surface area contributed by atoms with Gasteiger partial charge in [0.05, 0.1) is 27.2 Å². The van der Waals surface area contributed by atoms with Gasteiger partial charge in [-0.3, -0.25) is 4.98 Å². The van der Waals surface area contributed by atoms with Crippen LogP contribution in [0.3, 0.4) is 0 Å². The molecule has 1 aromatic heterocycles. The number of nitrogens with zero attached hydrogens (tertiary/aromatic N) is 1. The first-order valence-electron chi connectivity index (χ1n) is 5.34. The minimum Gasteiger partial charge on any atom is -0.257 e. The number of pyridine rings is 1. The molecule has 6 heteroatoms. The number of hydrogen-bond donors (Lipinski definition) is 0. The highest BCUT2D eigenvalue weighted by molar-refractivity contribution is 7.90. The fourth-order valence-electron chi connectivity index (χ4n) is 1.37. The lowest BCUT2D eigenvalue weighted by atomic mass is 10.2. The summed E-state index contributed by atoms with van der Waals surface area (Å²) in [5.41, 5.74) is 0.361. The van der Waals surface area contributed by atoms with Crippen molar-refractivity contribution in [3.05, 3.63) is 28.0 Å². The van der Waals surface area contributed by atoms with Crippen molar-refractivity contribution in [3.63, 3.8) is 0 Å². The van der Waals surface area contributed by atoms with Gasteiger partial charge in [-0.25, -0.2) is 8.42 Å². The van der Waals surface area contributed by atoms with E-state index in [1.807, 2.05) is 13.8 Å². The van der Waals surface area contributed by atoms with Crippen LogP contribution < -0.4 is 0 Å². The van der Waals surface area contributed by atoms with Crippen molar-refractivity contribution in [2.75, 3.05) is 5.75 Å². The van der Waals surface area contributed by atoms with E-state index >= 15 is 0 Å². The topological polar surface area (TPSA) is 47.0 Å². The smallest absolute Gasteiger partial charge is 0.156 e. The Morgan fingerprint density at radius 1 is 1.41 bits per heavy atom. The van der Waals surface area contributed by atoms with Crippen LogP contribution in [0.5, 0.6) is 0 Å². The molecule has 0 aliphatic rings. The normalized spacial score (nSPS) is 13.6. The highest BCUT2D eigenvalue weighted by atomic mass is 35.5. The van der Waals surface area contributed by atoms with E-state index in [1.165, 1.54) is 12.3 Å². The summed E-state index contributed by atoms with van der Waals surface area (Å²) in [7, 11) is -3.17. The lowest BCUT2D eigenvalue weighted by Gasteiger charge is -2.09. The summed E-state index contributed by atoms with van der Waals surface area (Å²) in [6.45, 7) is 3.88. The van der Waals surface area contributed by atoms with Gasteiger partial charge in [-0.1, -0.05) is 43.5 Å². The van der Waals surface area contributed by atoms with Crippen molar-refractivity contribution in [1.29, 1.82) is 0 Å². The van der Waals surface area contributed by atoms with Gasteiger partial charge in [0, 0.05) is 6.20 Å². The Labute approximate surface area is 112 Å². The van der Waals surface area contributed by atoms with Crippen molar-refractivity contribution in [2.45, 2.75) is 26.0 Å². The molecular weight excluding hydrogens is 281 g/mol. The number of hydrogen-bond acceptors (Lipinski definition) is 3. The molecule has 1 atom stereocenters. The van der Waals surface area contributed by atoms with Crippen LogP contribution in [0.2, 0.25) is 10.0 Å². The van der Waals surface area contributed by atoms with E-state index in [-0.39, 0.29) is 17.4 Å². The average Bonchev–Trinajstić information content (AvgIpc) is 2.21. The number of rotatable bonds is 5. The van der Waals surface area contributed by atoms with Crippen LogP contribution in [-0.4, -0.2) is 19.2 Å². The molecule has 1 heterocycles. The standard InChI is InChI=1S/C11H15Cl2NO2S/c1-3-8(2)6-17(15,16)7-11-10(13)4-9(12)5-14-11/h4-5,8H,3,6-7H2,1-2H3. The molecule has 3 nitrogen and oxygen atoms in total. The summed E-state index contributed by atoms with van der Waals surface area (Å²) < 4.78 is 23.7. The van der Waals surface area contributed by atoms with Gasteiger partial charge in [-0.2, -0.15) is 0 Å². The Morgan fingerprint density at radius 2 is 2.06 bits per heavy atom. The Kier molecular flexibility index (Phi) is 5.22. The van der Waals surface area contributed by atoms with Gasteiger partial charge >= 0.3 is 0 Å². The van der Waals surface area contributed by atoms with E-state index in [1.54, 1.807) is 0 Å². The maximum Gasteiger partial charge on any atom is 0.156 e. The van der Waals surface area contributed by atoms with Gasteiger partial charge < -0.3 is 0 Å². The molecule has 1 rings (SSSR count). The molecule has 1 aromatic rings. The first-order valence-corrected chi connectivity index (χ1v) is 7.92. The molecule has 0 radical (unpaired) electrons. The second-order valence-corrected chi connectivity index (χ2v) is 7.10. The molecule has 1 unspecified atom stereocenters. The third-order valence-electron chi connectivity index (χ3n) is 2.48. The largest absolute Gasteiger partial charge is 0.257 e. The number of halogens is 2. The summed E-state index contributed by atoms with van der Waals surface area (Å²) in [5.74, 6) is 0.170. The second kappa shape index (κ2) is 6.03. The molecule has 0 aliphatic heterocycles. The Hall–Kier alpha value is -0.320. The van der Waals surface area contributed by atoms with Crippen molar-refractivity contribution in [1.82, 2.24) is 4.98 Å². The van der Waals surface area contributed by atoms with Crippen LogP contribution in [0.15, 0.2) is 12.3 Å². The van der Waals surface area contributed by atoms with E-state index < -0.39 is 9.84 Å². The fourth-order valence-corrected chi connectivity index (χ4v) is 3.76. The second-order valence-electron chi connectivity index (χ2n) is 4.15. The van der Waals surface area contributed by atoms with Crippen molar-refractivity contribution >= 4 is 33.0 Å². The molecule has 0 saturated carbocycles. The molecule has 96 valence electrons. The molecule has 0 N–H and O–H groups in total. The minimum absolute atomic E-state index is 0.132. The zero-order valence-electron chi connectivity index (χ0n) is 9.78. The van der Waals surface area contributed by atoms with E-state index in [0.29, 0.717) is 15.7 Å². The number of sulfone groups is 1. The SMILES string of the molecule is CCC(C)CS(=O)(=O)Cc1ncc(Cl)cc1Cl. The Morgan fingerprint density at radius 3 is 2.59 bits per heavy atom. The summed E-state index contributed by atoms with van der Waals surface area (Å²) >= 11 is 11.6. The van der Waals surface area contributed by atoms with Gasteiger partial charge in [-0.05, 0) is 12.0 Å². The number of aromatic nitrogens is 1. The van der Waals surface area contributed by atoms with E-state index in [4.69, 9.17) is 23.2 Å². The highest BCUT2D eigenvalue weighted by Gasteiger charge is 2.18. The first-order chi connectivity index (χ1) is 7.84. The zero-order chi connectivity index (χ0) is 13.1. The molecule has 0 bridgehead atoms. The summed E-state index contributed by atoms with van der Waals surface area (Å²) in [6.07, 6.45) is 2.24. The van der Waals surface area contributed by atoms with E-state index in [9.17, 15) is 8.42 Å². The van der Waals surface area contributed by atoms with Crippen LogP contribution in [0.1, 0.15) is 26.0 Å². The average molecular weight is 296 g/mol. The third-order valence-corrected chi connectivity index (χ3v) is 4.80. The zero-order valence-corrected chi connectivity index (χ0v) is 12.1. The molecule has 0 amide bonds. The summed E-state index contributed by atoms with van der Waals surface area (Å²) in [5, 5.41) is 0.698. The van der Waals surface area contributed by atoms with Crippen molar-refractivity contribution in [3.8, 4) is 0 Å². The maximum absolute atomic E-state index is 11.9. The monoisotopic (exact) mass is 295 g/mol. The maximum atomic E-state index is 11.9. The van der Waals surface area contributed by atoms with Gasteiger partial charge in [0.25, 0.3) is 0 Å². The Balaban J connectivity index is 2.83. The predicted molar refractivity (Wildman–Crippen MR) is 71.2 cm³/mol. The lowest BCUT2D eigenvalue weighted by Crippen LogP contribution is -2.16. The predicted octanol–water partition coefficient (Wildman–Crippen LogP) is 3.35. The minimum atomic E-state index is -3.17. The molecule has 0 spiro atoms. The van der Waals surface area contributed by atoms with Gasteiger partial charge in [-0.15, -0.1) is 0 Å². The van der Waals surface area contributed by atoms with Crippen molar-refractivity contribution in [2.24, 2.45) is 5.92 Å². The van der Waals surface area contributed by atoms with Crippen LogP contribution in [0.25, 0.3) is 0 Å². The fraction of sp³-hybridized carbons (Fsp3) is 0.545. The molecule has 0 aromatic carbocycles. The quantitative estimate of drug-likeness (QED) is 0.837. The molecule has 0 fully saturated rings. The lowest BCUT2D eigenvalue weighted by molar-refractivity contribution is 0.563. The highest BCUT2D eigenvalue weighted by Crippen LogP contribution is 2.21. The summed E-state index contributed by atoms with van der Waals surface area (Å²) in [4.78, 5) is 3.95. The van der Waals surface area contributed by atoms with Crippen LogP contribution in [-0.2, 0) is 15.6 Å².